The van der Waals surface area contributed by atoms with Gasteiger partial charge in [0.2, 0.25) is 0 Å². The van der Waals surface area contributed by atoms with Gasteiger partial charge in [-0.25, -0.2) is 9.48 Å². The highest BCUT2D eigenvalue weighted by Crippen LogP contribution is 2.21. The van der Waals surface area contributed by atoms with E-state index >= 15 is 0 Å². The van der Waals surface area contributed by atoms with Crippen LogP contribution in [0.3, 0.4) is 0 Å². The fourth-order valence-corrected chi connectivity index (χ4v) is 2.54. The number of nitrogens with zero attached hydrogens (tertiary/aromatic N) is 4. The largest absolute Gasteiger partial charge is 0.487 e. The zero-order valence-electron chi connectivity index (χ0n) is 13.8. The highest BCUT2D eigenvalue weighted by Gasteiger charge is 2.09. The lowest BCUT2D eigenvalue weighted by Crippen LogP contribution is -1.97. The van der Waals surface area contributed by atoms with Crippen molar-refractivity contribution in [2.45, 2.75) is 6.61 Å². The van der Waals surface area contributed by atoms with E-state index < -0.39 is 10.5 Å². The van der Waals surface area contributed by atoms with Crippen molar-refractivity contribution in [3.63, 3.8) is 0 Å². The van der Waals surface area contributed by atoms with Gasteiger partial charge in [-0.1, -0.05) is 11.3 Å². The molecule has 0 N–H and O–H groups in total. The Morgan fingerprint density at radius 2 is 2.04 bits per heavy atom. The summed E-state index contributed by atoms with van der Waals surface area (Å²) in [5.74, 6) is 0.584. The van der Waals surface area contributed by atoms with Gasteiger partial charge in [0.05, 0.1) is 16.8 Å². The Balaban J connectivity index is 1.50. The van der Waals surface area contributed by atoms with E-state index in [1.807, 2.05) is 0 Å². The molecule has 0 aliphatic heterocycles. The molecule has 0 bridgehead atoms. The van der Waals surface area contributed by atoms with Crippen molar-refractivity contribution in [2.75, 3.05) is 0 Å². The standard InChI is InChI=1S/C18H12N4O5/c23-18-7-4-12-8-16(5-6-17(12)27-18)26-11-13-10-21(20-19-13)14-2-1-3-15(9-14)22(24)25/h1-10H,11H2. The zero-order chi connectivity index (χ0) is 18.8. The molecule has 0 amide bonds. The van der Waals surface area contributed by atoms with Crippen LogP contribution in [0.1, 0.15) is 5.69 Å². The van der Waals surface area contributed by atoms with Crippen LogP contribution in [0.4, 0.5) is 5.69 Å². The summed E-state index contributed by atoms with van der Waals surface area (Å²) < 4.78 is 12.2. The number of non-ortho nitro benzene ring substituents is 1. The number of ether oxygens (including phenoxy) is 1. The van der Waals surface area contributed by atoms with Gasteiger partial charge in [0.25, 0.3) is 5.69 Å². The Morgan fingerprint density at radius 3 is 2.89 bits per heavy atom. The maximum absolute atomic E-state index is 11.2. The monoisotopic (exact) mass is 364 g/mol. The molecule has 2 aromatic carbocycles. The van der Waals surface area contributed by atoms with Crippen LogP contribution >= 0.6 is 0 Å². The van der Waals surface area contributed by atoms with Crippen LogP contribution in [-0.4, -0.2) is 19.9 Å². The number of hydrogen-bond acceptors (Lipinski definition) is 7. The van der Waals surface area contributed by atoms with E-state index in [2.05, 4.69) is 10.3 Å². The number of fused-ring (bicyclic) bond motifs is 1. The van der Waals surface area contributed by atoms with Crippen LogP contribution in [0, 0.1) is 10.1 Å². The summed E-state index contributed by atoms with van der Waals surface area (Å²) in [6, 6.07) is 14.2. The van der Waals surface area contributed by atoms with Crippen LogP contribution < -0.4 is 10.4 Å². The molecule has 0 unspecified atom stereocenters. The second-order valence-electron chi connectivity index (χ2n) is 5.67. The van der Waals surface area contributed by atoms with Gasteiger partial charge >= 0.3 is 5.63 Å². The molecule has 9 heteroatoms. The molecule has 0 saturated heterocycles. The van der Waals surface area contributed by atoms with Crippen molar-refractivity contribution in [1.82, 2.24) is 15.0 Å². The first-order valence-corrected chi connectivity index (χ1v) is 7.91. The molecule has 27 heavy (non-hydrogen) atoms. The Morgan fingerprint density at radius 1 is 1.15 bits per heavy atom. The Hall–Kier alpha value is -4.01. The highest BCUT2D eigenvalue weighted by atomic mass is 16.6. The lowest BCUT2D eigenvalue weighted by Gasteiger charge is -2.04. The first kappa shape index (κ1) is 16.5. The maximum atomic E-state index is 11.2. The third-order valence-electron chi connectivity index (χ3n) is 3.82. The predicted octanol–water partition coefficient (Wildman–Crippen LogP) is 2.86. The summed E-state index contributed by atoms with van der Waals surface area (Å²) in [7, 11) is 0. The first-order valence-electron chi connectivity index (χ1n) is 7.91. The van der Waals surface area contributed by atoms with E-state index in [4.69, 9.17) is 9.15 Å². The van der Waals surface area contributed by atoms with Crippen molar-refractivity contribution in [2.24, 2.45) is 0 Å². The van der Waals surface area contributed by atoms with Gasteiger partial charge in [-0.15, -0.1) is 5.10 Å². The van der Waals surface area contributed by atoms with Crippen molar-refractivity contribution < 1.29 is 14.1 Å². The highest BCUT2D eigenvalue weighted by molar-refractivity contribution is 5.77. The summed E-state index contributed by atoms with van der Waals surface area (Å²) in [6.07, 6.45) is 1.64. The van der Waals surface area contributed by atoms with E-state index in [0.717, 1.165) is 5.39 Å². The molecule has 134 valence electrons. The molecule has 2 aromatic heterocycles. The summed E-state index contributed by atoms with van der Waals surface area (Å²) in [4.78, 5) is 21.6. The van der Waals surface area contributed by atoms with Crippen molar-refractivity contribution in [1.29, 1.82) is 0 Å². The second-order valence-corrected chi connectivity index (χ2v) is 5.67. The number of hydrogen-bond donors (Lipinski definition) is 0. The molecule has 4 rings (SSSR count). The lowest BCUT2D eigenvalue weighted by atomic mass is 10.2. The smallest absolute Gasteiger partial charge is 0.336 e. The minimum atomic E-state index is -0.466. The Bertz CT molecular complexity index is 1200. The van der Waals surface area contributed by atoms with Gasteiger partial charge in [0.1, 0.15) is 23.6 Å². The minimum absolute atomic E-state index is 0.0244. The average molecular weight is 364 g/mol. The zero-order valence-corrected chi connectivity index (χ0v) is 13.8. The van der Waals surface area contributed by atoms with E-state index in [9.17, 15) is 14.9 Å². The van der Waals surface area contributed by atoms with Gasteiger partial charge in [0.15, 0.2) is 0 Å². The summed E-state index contributed by atoms with van der Waals surface area (Å²) >= 11 is 0. The third-order valence-corrected chi connectivity index (χ3v) is 3.82. The molecule has 0 spiro atoms. The number of aromatic nitrogens is 3. The van der Waals surface area contributed by atoms with E-state index in [-0.39, 0.29) is 12.3 Å². The molecule has 4 aromatic rings. The van der Waals surface area contributed by atoms with Gasteiger partial charge < -0.3 is 9.15 Å². The van der Waals surface area contributed by atoms with Crippen LogP contribution in [0.5, 0.6) is 5.75 Å². The second kappa shape index (κ2) is 6.71. The number of nitro benzene ring substituents is 1. The third kappa shape index (κ3) is 3.52. The molecule has 0 saturated carbocycles. The van der Waals surface area contributed by atoms with Gasteiger partial charge in [-0.05, 0) is 30.3 Å². The molecule has 0 fully saturated rings. The summed E-state index contributed by atoms with van der Waals surface area (Å²) in [5, 5.41) is 19.6. The molecular formula is C18H12N4O5. The maximum Gasteiger partial charge on any atom is 0.336 e. The van der Waals surface area contributed by atoms with Gasteiger partial charge in [-0.3, -0.25) is 10.1 Å². The average Bonchev–Trinajstić information content (AvgIpc) is 3.15. The summed E-state index contributed by atoms with van der Waals surface area (Å²) in [5.41, 5.74) is 1.13. The molecule has 2 heterocycles. The van der Waals surface area contributed by atoms with Crippen LogP contribution in [0.25, 0.3) is 16.7 Å². The fourth-order valence-electron chi connectivity index (χ4n) is 2.54. The van der Waals surface area contributed by atoms with Crippen LogP contribution in [0.2, 0.25) is 0 Å². The van der Waals surface area contributed by atoms with E-state index in [1.165, 1.54) is 22.9 Å². The SMILES string of the molecule is O=c1ccc2cc(OCc3cn(-c4cccc([N+](=O)[O-])c4)nn3)ccc2o1. The van der Waals surface area contributed by atoms with E-state index in [1.54, 1.807) is 42.6 Å². The summed E-state index contributed by atoms with van der Waals surface area (Å²) in [6.45, 7) is 0.164. The number of nitro groups is 1. The van der Waals surface area contributed by atoms with Crippen molar-refractivity contribution in [3.05, 3.63) is 87.0 Å². The van der Waals surface area contributed by atoms with Crippen molar-refractivity contribution in [3.8, 4) is 11.4 Å². The molecule has 0 aliphatic rings. The fraction of sp³-hybridized carbons (Fsp3) is 0.0556. The van der Waals surface area contributed by atoms with Gasteiger partial charge in [-0.2, -0.15) is 0 Å². The van der Waals surface area contributed by atoms with E-state index in [0.29, 0.717) is 22.7 Å². The van der Waals surface area contributed by atoms with Gasteiger partial charge in [0, 0.05) is 23.6 Å². The Labute approximate surface area is 151 Å². The predicted molar refractivity (Wildman–Crippen MR) is 94.8 cm³/mol. The number of benzene rings is 2. The molecule has 0 atom stereocenters. The lowest BCUT2D eigenvalue weighted by molar-refractivity contribution is -0.384. The van der Waals surface area contributed by atoms with Crippen LogP contribution in [0.15, 0.2) is 70.0 Å². The molecule has 0 radical (unpaired) electrons. The number of rotatable bonds is 5. The minimum Gasteiger partial charge on any atom is -0.487 e. The first-order chi connectivity index (χ1) is 13.1. The molecule has 9 nitrogen and oxygen atoms in total. The normalized spacial score (nSPS) is 10.8. The van der Waals surface area contributed by atoms with Crippen LogP contribution in [-0.2, 0) is 6.61 Å². The molecule has 0 aliphatic carbocycles. The Kier molecular flexibility index (Phi) is 4.09. The molecular weight excluding hydrogens is 352 g/mol. The quantitative estimate of drug-likeness (QED) is 0.304. The van der Waals surface area contributed by atoms with Crippen molar-refractivity contribution >= 4 is 16.7 Å². The topological polar surface area (TPSA) is 113 Å².